The molecule has 1 aliphatic heterocycles. The predicted molar refractivity (Wildman–Crippen MR) is 95.6 cm³/mol. The van der Waals surface area contributed by atoms with Gasteiger partial charge in [0.1, 0.15) is 0 Å². The lowest BCUT2D eigenvalue weighted by Crippen LogP contribution is -2.46. The number of fused-ring (bicyclic) bond motifs is 3. The van der Waals surface area contributed by atoms with Gasteiger partial charge in [-0.15, -0.1) is 0 Å². The van der Waals surface area contributed by atoms with E-state index in [9.17, 15) is 4.79 Å². The van der Waals surface area contributed by atoms with Crippen LogP contribution in [-0.2, 0) is 24.2 Å². The van der Waals surface area contributed by atoms with E-state index in [1.54, 1.807) is 0 Å². The quantitative estimate of drug-likeness (QED) is 0.796. The summed E-state index contributed by atoms with van der Waals surface area (Å²) in [5, 5.41) is 6.66. The summed E-state index contributed by atoms with van der Waals surface area (Å²) in [5.74, 6) is 0.228. The van der Waals surface area contributed by atoms with E-state index in [2.05, 4.69) is 28.8 Å². The highest BCUT2D eigenvalue weighted by atomic mass is 16.2. The summed E-state index contributed by atoms with van der Waals surface area (Å²) in [6.45, 7) is 2.75. The molecule has 1 amide bonds. The van der Waals surface area contributed by atoms with Gasteiger partial charge in [-0.25, -0.2) is 0 Å². The maximum atomic E-state index is 12.9. The monoisotopic (exact) mass is 327 g/mol. The second-order valence-corrected chi connectivity index (χ2v) is 8.21. The number of nitrogens with one attached hydrogen (secondary N) is 2. The van der Waals surface area contributed by atoms with Crippen LogP contribution >= 0.6 is 0 Å². The molecule has 1 aromatic carbocycles. The van der Waals surface area contributed by atoms with Crippen LogP contribution in [0.1, 0.15) is 55.2 Å². The molecule has 2 fully saturated rings. The molecule has 4 heteroatoms. The van der Waals surface area contributed by atoms with E-state index in [1.807, 2.05) is 0 Å². The average molecular weight is 327 g/mol. The van der Waals surface area contributed by atoms with E-state index in [4.69, 9.17) is 5.73 Å². The van der Waals surface area contributed by atoms with Gasteiger partial charge in [0.05, 0.1) is 5.41 Å². The van der Waals surface area contributed by atoms with Crippen molar-refractivity contribution in [2.24, 2.45) is 11.1 Å². The molecule has 0 radical (unpaired) electrons. The van der Waals surface area contributed by atoms with E-state index >= 15 is 0 Å². The highest BCUT2D eigenvalue weighted by Gasteiger charge is 2.52. The number of hydrogen-bond acceptors (Lipinski definition) is 3. The van der Waals surface area contributed by atoms with Gasteiger partial charge in [0.2, 0.25) is 5.91 Å². The first kappa shape index (κ1) is 16.1. The van der Waals surface area contributed by atoms with Gasteiger partial charge in [0.25, 0.3) is 0 Å². The zero-order valence-electron chi connectivity index (χ0n) is 14.5. The SMILES string of the molecule is N[C@]12CCC[C@](C(=O)NCc3ccc4c(c3)CCNCC4)(CC1)C2. The first-order chi connectivity index (χ1) is 11.6. The number of nitrogens with two attached hydrogens (primary N) is 1. The third kappa shape index (κ3) is 2.98. The molecule has 2 atom stereocenters. The van der Waals surface area contributed by atoms with Crippen LogP contribution in [0, 0.1) is 5.41 Å². The lowest BCUT2D eigenvalue weighted by Gasteiger charge is -2.36. The van der Waals surface area contributed by atoms with Gasteiger partial charge < -0.3 is 16.4 Å². The summed E-state index contributed by atoms with van der Waals surface area (Å²) in [5.41, 5.74) is 10.3. The number of rotatable bonds is 3. The van der Waals surface area contributed by atoms with Crippen LogP contribution in [0.4, 0.5) is 0 Å². The van der Waals surface area contributed by atoms with Gasteiger partial charge in [-0.2, -0.15) is 0 Å². The Balaban J connectivity index is 1.42. The molecule has 0 unspecified atom stereocenters. The Morgan fingerprint density at radius 2 is 1.96 bits per heavy atom. The molecule has 4 N–H and O–H groups in total. The molecule has 3 aliphatic rings. The Hall–Kier alpha value is -1.39. The Labute approximate surface area is 144 Å². The van der Waals surface area contributed by atoms with Crippen LogP contribution < -0.4 is 16.4 Å². The molecule has 130 valence electrons. The minimum atomic E-state index is -0.192. The summed E-state index contributed by atoms with van der Waals surface area (Å²) in [7, 11) is 0. The number of hydrogen-bond donors (Lipinski definition) is 3. The van der Waals surface area contributed by atoms with Gasteiger partial charge >= 0.3 is 0 Å². The van der Waals surface area contributed by atoms with Crippen molar-refractivity contribution >= 4 is 5.91 Å². The van der Waals surface area contributed by atoms with E-state index in [0.29, 0.717) is 6.54 Å². The fourth-order valence-electron chi connectivity index (χ4n) is 5.06. The van der Waals surface area contributed by atoms with Crippen molar-refractivity contribution in [2.75, 3.05) is 13.1 Å². The number of benzene rings is 1. The van der Waals surface area contributed by atoms with Gasteiger partial charge in [-0.3, -0.25) is 4.79 Å². The van der Waals surface area contributed by atoms with Gasteiger partial charge in [0.15, 0.2) is 0 Å². The van der Waals surface area contributed by atoms with E-state index < -0.39 is 0 Å². The minimum absolute atomic E-state index is 0.0767. The molecule has 4 nitrogen and oxygen atoms in total. The Morgan fingerprint density at radius 1 is 1.12 bits per heavy atom. The second-order valence-electron chi connectivity index (χ2n) is 8.21. The van der Waals surface area contributed by atoms with Crippen LogP contribution in [0.5, 0.6) is 0 Å². The molecule has 0 spiro atoms. The van der Waals surface area contributed by atoms with Crippen LogP contribution in [0.15, 0.2) is 18.2 Å². The predicted octanol–water partition coefficient (Wildman–Crippen LogP) is 2.04. The largest absolute Gasteiger partial charge is 0.352 e. The van der Waals surface area contributed by atoms with Crippen molar-refractivity contribution < 1.29 is 4.79 Å². The maximum Gasteiger partial charge on any atom is 0.226 e. The van der Waals surface area contributed by atoms with Crippen LogP contribution in [-0.4, -0.2) is 24.5 Å². The Morgan fingerprint density at radius 3 is 2.83 bits per heavy atom. The van der Waals surface area contributed by atoms with Crippen LogP contribution in [0.3, 0.4) is 0 Å². The first-order valence-corrected chi connectivity index (χ1v) is 9.47. The van der Waals surface area contributed by atoms with Gasteiger partial charge in [-0.05, 0) is 74.7 Å². The highest BCUT2D eigenvalue weighted by molar-refractivity contribution is 5.83. The molecule has 2 bridgehead atoms. The maximum absolute atomic E-state index is 12.9. The topological polar surface area (TPSA) is 67.2 Å². The summed E-state index contributed by atoms with van der Waals surface area (Å²) < 4.78 is 0. The van der Waals surface area contributed by atoms with Crippen molar-refractivity contribution in [3.63, 3.8) is 0 Å². The molecule has 2 saturated carbocycles. The zero-order chi connectivity index (χ0) is 16.6. The molecule has 2 aliphatic carbocycles. The summed E-state index contributed by atoms with van der Waals surface area (Å²) in [4.78, 5) is 12.9. The van der Waals surface area contributed by atoms with Crippen molar-refractivity contribution in [1.82, 2.24) is 10.6 Å². The van der Waals surface area contributed by atoms with Gasteiger partial charge in [0, 0.05) is 12.1 Å². The summed E-state index contributed by atoms with van der Waals surface area (Å²) >= 11 is 0. The molecule has 1 heterocycles. The number of carbonyl (C=O) groups is 1. The normalized spacial score (nSPS) is 32.0. The fourth-order valence-corrected chi connectivity index (χ4v) is 5.06. The molecular formula is C20H29N3O. The summed E-state index contributed by atoms with van der Waals surface area (Å²) in [6, 6.07) is 6.69. The zero-order valence-corrected chi connectivity index (χ0v) is 14.5. The molecule has 1 aromatic rings. The molecule has 4 rings (SSSR count). The smallest absolute Gasteiger partial charge is 0.226 e. The van der Waals surface area contributed by atoms with E-state index in [0.717, 1.165) is 64.5 Å². The van der Waals surface area contributed by atoms with Crippen LogP contribution in [0.2, 0.25) is 0 Å². The van der Waals surface area contributed by atoms with Crippen LogP contribution in [0.25, 0.3) is 0 Å². The standard InChI is InChI=1S/C20H29N3O/c21-20-7-1-6-19(14-20,8-9-20)18(24)23-13-15-2-3-16-4-10-22-11-5-17(16)12-15/h2-3,12,22H,1,4-11,13-14,21H2,(H,23,24)/t19-,20+/m0/s1. The molecular weight excluding hydrogens is 298 g/mol. The Bertz CT molecular complexity index is 644. The lowest BCUT2D eigenvalue weighted by atomic mass is 9.72. The molecule has 24 heavy (non-hydrogen) atoms. The van der Waals surface area contributed by atoms with Crippen molar-refractivity contribution in [2.45, 2.75) is 63.5 Å². The van der Waals surface area contributed by atoms with E-state index in [-0.39, 0.29) is 16.9 Å². The average Bonchev–Trinajstić information content (AvgIpc) is 2.74. The molecule has 0 aromatic heterocycles. The third-order valence-electron chi connectivity index (χ3n) is 6.47. The van der Waals surface area contributed by atoms with Crippen molar-refractivity contribution in [3.05, 3.63) is 34.9 Å². The molecule has 0 saturated heterocycles. The highest BCUT2D eigenvalue weighted by Crippen LogP contribution is 2.52. The Kier molecular flexibility index (Phi) is 4.13. The van der Waals surface area contributed by atoms with E-state index in [1.165, 1.54) is 16.7 Å². The number of carbonyl (C=O) groups excluding carboxylic acids is 1. The lowest BCUT2D eigenvalue weighted by molar-refractivity contribution is -0.132. The van der Waals surface area contributed by atoms with Crippen molar-refractivity contribution in [1.29, 1.82) is 0 Å². The minimum Gasteiger partial charge on any atom is -0.352 e. The first-order valence-electron chi connectivity index (χ1n) is 9.47. The summed E-state index contributed by atoms with van der Waals surface area (Å²) in [6.07, 6.45) is 8.21. The fraction of sp³-hybridized carbons (Fsp3) is 0.650. The second kappa shape index (κ2) is 6.16. The third-order valence-corrected chi connectivity index (χ3v) is 6.47. The van der Waals surface area contributed by atoms with Gasteiger partial charge in [-0.1, -0.05) is 24.6 Å². The number of amides is 1. The van der Waals surface area contributed by atoms with Crippen molar-refractivity contribution in [3.8, 4) is 0 Å².